The zero-order chi connectivity index (χ0) is 6.41. The Morgan fingerprint density at radius 3 is 1.75 bits per heavy atom. The molecule has 0 radical (unpaired) electrons. The molecule has 1 fully saturated rings. The van der Waals surface area contributed by atoms with Crippen LogP contribution in [0.15, 0.2) is 0 Å². The lowest BCUT2D eigenvalue weighted by Gasteiger charge is -1.92. The summed E-state index contributed by atoms with van der Waals surface area (Å²) in [4.78, 5) is 0. The molecule has 8 heavy (non-hydrogen) atoms. The molecule has 1 saturated carbocycles. The summed E-state index contributed by atoms with van der Waals surface area (Å²) in [6.45, 7) is 3.50. The highest BCUT2D eigenvalue weighted by Crippen LogP contribution is 2.14. The molecule has 1 aliphatic rings. The Balaban J connectivity index is 0.000000222. The maximum absolute atomic E-state index is 6.50. The van der Waals surface area contributed by atoms with E-state index in [0.29, 0.717) is 6.04 Å². The Bertz CT molecular complexity index is 62.2. The van der Waals surface area contributed by atoms with Gasteiger partial charge in [-0.15, -0.1) is 0 Å². The van der Waals surface area contributed by atoms with Crippen molar-refractivity contribution >= 4 is 0 Å². The molecule has 0 saturated heterocycles. The number of nitrogens with two attached hydrogens (primary N) is 1. The molecular weight excluding hydrogens is 100 g/mol. The minimum atomic E-state index is 0.546. The van der Waals surface area contributed by atoms with E-state index in [1.54, 1.807) is 0 Å². The van der Waals surface area contributed by atoms with Gasteiger partial charge >= 0.3 is 0 Å². The zero-order valence-electron chi connectivity index (χ0n) is 5.01. The van der Waals surface area contributed by atoms with E-state index in [1.807, 2.05) is 0 Å². The summed E-state index contributed by atoms with van der Waals surface area (Å²) in [5.41, 5.74) is 5.53. The average Bonchev–Trinajstić information content (AvgIpc) is 2.24. The molecule has 46 valence electrons. The van der Waals surface area contributed by atoms with Gasteiger partial charge in [0.05, 0.1) is 0 Å². The SMILES string of the molecule is C#N.NC1CCCC1. The molecule has 2 nitrogen and oxygen atoms in total. The highest BCUT2D eigenvalue weighted by Gasteiger charge is 2.07. The highest BCUT2D eigenvalue weighted by atomic mass is 14.6. The standard InChI is InChI=1S/C5H11N.CHN/c6-5-3-1-2-4-5;1-2/h5H,1-4,6H2;1H. The van der Waals surface area contributed by atoms with Crippen LogP contribution in [0.25, 0.3) is 0 Å². The van der Waals surface area contributed by atoms with Crippen LogP contribution < -0.4 is 5.73 Å². The predicted octanol–water partition coefficient (Wildman–Crippen LogP) is 1.03. The molecule has 0 aromatic carbocycles. The number of hydrogen-bond donors (Lipinski definition) is 1. The molecule has 0 aromatic rings. The molecule has 2 N–H and O–H groups in total. The first-order chi connectivity index (χ1) is 3.89. The van der Waals surface area contributed by atoms with Gasteiger partial charge in [-0.25, -0.2) is 5.26 Å². The van der Waals surface area contributed by atoms with Crippen LogP contribution in [0.2, 0.25) is 0 Å². The van der Waals surface area contributed by atoms with E-state index in [4.69, 9.17) is 11.0 Å². The van der Waals surface area contributed by atoms with Crippen LogP contribution in [0.3, 0.4) is 0 Å². The third-order valence-electron chi connectivity index (χ3n) is 1.40. The van der Waals surface area contributed by atoms with Crippen molar-refractivity contribution < 1.29 is 0 Å². The number of nitrogens with zero attached hydrogens (tertiary/aromatic N) is 1. The lowest BCUT2D eigenvalue weighted by Crippen LogP contribution is -2.13. The lowest BCUT2D eigenvalue weighted by molar-refractivity contribution is 0.704. The molecule has 0 bridgehead atoms. The Morgan fingerprint density at radius 1 is 1.25 bits per heavy atom. The van der Waals surface area contributed by atoms with Gasteiger partial charge in [0.15, 0.2) is 0 Å². The molecule has 0 amide bonds. The van der Waals surface area contributed by atoms with Crippen LogP contribution in [-0.2, 0) is 0 Å². The average molecular weight is 112 g/mol. The summed E-state index contributed by atoms with van der Waals surface area (Å²) >= 11 is 0. The van der Waals surface area contributed by atoms with Gasteiger partial charge in [0.1, 0.15) is 0 Å². The van der Waals surface area contributed by atoms with Gasteiger partial charge < -0.3 is 5.73 Å². The topological polar surface area (TPSA) is 49.8 Å². The van der Waals surface area contributed by atoms with Gasteiger partial charge in [-0.2, -0.15) is 0 Å². The molecule has 0 atom stereocenters. The van der Waals surface area contributed by atoms with Crippen molar-refractivity contribution in [2.45, 2.75) is 31.7 Å². The number of rotatable bonds is 0. The van der Waals surface area contributed by atoms with Crippen molar-refractivity contribution in [2.24, 2.45) is 5.73 Å². The lowest BCUT2D eigenvalue weighted by atomic mass is 10.3. The van der Waals surface area contributed by atoms with E-state index in [9.17, 15) is 0 Å². The molecule has 0 spiro atoms. The molecule has 0 heterocycles. The third kappa shape index (κ3) is 2.59. The van der Waals surface area contributed by atoms with Gasteiger partial charge in [0.2, 0.25) is 0 Å². The van der Waals surface area contributed by atoms with Gasteiger partial charge in [-0.1, -0.05) is 12.8 Å². The number of hydrogen-bond acceptors (Lipinski definition) is 2. The Morgan fingerprint density at radius 2 is 1.62 bits per heavy atom. The first-order valence-electron chi connectivity index (χ1n) is 2.91. The van der Waals surface area contributed by atoms with E-state index in [1.165, 1.54) is 25.7 Å². The molecule has 2 heteroatoms. The molecular formula is C6H12N2. The van der Waals surface area contributed by atoms with E-state index < -0.39 is 0 Å². The highest BCUT2D eigenvalue weighted by molar-refractivity contribution is 4.67. The summed E-state index contributed by atoms with van der Waals surface area (Å²) < 4.78 is 0. The van der Waals surface area contributed by atoms with Crippen molar-refractivity contribution in [1.82, 2.24) is 0 Å². The monoisotopic (exact) mass is 112 g/mol. The Hall–Kier alpha value is -0.550. The number of nitriles is 1. The van der Waals surface area contributed by atoms with Crippen molar-refractivity contribution in [3.63, 3.8) is 0 Å². The Kier molecular flexibility index (Phi) is 4.29. The second kappa shape index (κ2) is 4.61. The summed E-state index contributed by atoms with van der Waals surface area (Å²) in [6, 6.07) is 0.546. The summed E-state index contributed by atoms with van der Waals surface area (Å²) in [7, 11) is 0. The fourth-order valence-electron chi connectivity index (χ4n) is 0.957. The largest absolute Gasteiger partial charge is 0.328 e. The van der Waals surface area contributed by atoms with Crippen LogP contribution >= 0.6 is 0 Å². The van der Waals surface area contributed by atoms with E-state index in [0.717, 1.165) is 0 Å². The van der Waals surface area contributed by atoms with Crippen molar-refractivity contribution in [2.75, 3.05) is 0 Å². The second-order valence-electron chi connectivity index (χ2n) is 2.04. The fourth-order valence-corrected chi connectivity index (χ4v) is 0.957. The predicted molar refractivity (Wildman–Crippen MR) is 33.1 cm³/mol. The quantitative estimate of drug-likeness (QED) is 0.508. The van der Waals surface area contributed by atoms with E-state index in [2.05, 4.69) is 6.57 Å². The maximum atomic E-state index is 6.50. The summed E-state index contributed by atoms with van der Waals surface area (Å²) in [5, 5.41) is 6.50. The normalized spacial score (nSPS) is 19.4. The fraction of sp³-hybridized carbons (Fsp3) is 0.833. The summed E-state index contributed by atoms with van der Waals surface area (Å²) in [6.07, 6.45) is 5.25. The first kappa shape index (κ1) is 7.45. The molecule has 1 aliphatic carbocycles. The zero-order valence-corrected chi connectivity index (χ0v) is 5.01. The van der Waals surface area contributed by atoms with Crippen LogP contribution in [0.5, 0.6) is 0 Å². The van der Waals surface area contributed by atoms with Crippen LogP contribution in [0.4, 0.5) is 0 Å². The molecule has 0 unspecified atom stereocenters. The van der Waals surface area contributed by atoms with Crippen LogP contribution in [-0.4, -0.2) is 6.04 Å². The van der Waals surface area contributed by atoms with Crippen molar-refractivity contribution in [1.29, 1.82) is 5.26 Å². The third-order valence-corrected chi connectivity index (χ3v) is 1.40. The van der Waals surface area contributed by atoms with E-state index in [-0.39, 0.29) is 0 Å². The van der Waals surface area contributed by atoms with Gasteiger partial charge in [-0.3, -0.25) is 0 Å². The maximum Gasteiger partial charge on any atom is 0.0462 e. The van der Waals surface area contributed by atoms with Crippen LogP contribution in [0, 0.1) is 11.8 Å². The summed E-state index contributed by atoms with van der Waals surface area (Å²) in [5.74, 6) is 0. The molecule has 1 rings (SSSR count). The van der Waals surface area contributed by atoms with Crippen molar-refractivity contribution in [3.8, 4) is 6.57 Å². The minimum absolute atomic E-state index is 0.546. The second-order valence-corrected chi connectivity index (χ2v) is 2.04. The molecule has 0 aromatic heterocycles. The Labute approximate surface area is 50.3 Å². The molecule has 0 aliphatic heterocycles. The smallest absolute Gasteiger partial charge is 0.0462 e. The van der Waals surface area contributed by atoms with E-state index >= 15 is 0 Å². The van der Waals surface area contributed by atoms with Gasteiger partial charge in [0.25, 0.3) is 0 Å². The first-order valence-corrected chi connectivity index (χ1v) is 2.91. The van der Waals surface area contributed by atoms with Crippen LogP contribution in [0.1, 0.15) is 25.7 Å². The minimum Gasteiger partial charge on any atom is -0.328 e. The van der Waals surface area contributed by atoms with Gasteiger partial charge in [0, 0.05) is 12.6 Å². The van der Waals surface area contributed by atoms with Crippen molar-refractivity contribution in [3.05, 3.63) is 0 Å². The van der Waals surface area contributed by atoms with Gasteiger partial charge in [-0.05, 0) is 12.8 Å².